The molecule has 3 aromatic rings. The van der Waals surface area contributed by atoms with Gasteiger partial charge in [0.2, 0.25) is 0 Å². The van der Waals surface area contributed by atoms with Crippen molar-refractivity contribution in [1.82, 2.24) is 10.2 Å². The minimum Gasteiger partial charge on any atom is -0.496 e. The number of hydrogen-bond donors (Lipinski definition) is 1. The van der Waals surface area contributed by atoms with Crippen molar-refractivity contribution in [1.29, 1.82) is 0 Å². The van der Waals surface area contributed by atoms with E-state index in [9.17, 15) is 0 Å². The van der Waals surface area contributed by atoms with E-state index >= 15 is 0 Å². The van der Waals surface area contributed by atoms with Crippen LogP contribution < -0.4 is 10.1 Å². The maximum atomic E-state index is 6.35. The molecule has 0 amide bonds. The predicted octanol–water partition coefficient (Wildman–Crippen LogP) is 4.50. The lowest BCUT2D eigenvalue weighted by Crippen LogP contribution is -2.45. The van der Waals surface area contributed by atoms with Gasteiger partial charge in [-0.1, -0.05) is 48.0 Å². The molecule has 0 spiro atoms. The van der Waals surface area contributed by atoms with Gasteiger partial charge in [-0.15, -0.1) is 0 Å². The number of fused-ring (bicyclic) bond motifs is 1. The van der Waals surface area contributed by atoms with Crippen molar-refractivity contribution < 1.29 is 4.74 Å². The molecule has 0 aliphatic carbocycles. The second-order valence-electron chi connectivity index (χ2n) is 6.68. The first-order valence-electron chi connectivity index (χ1n) is 9.03. The summed E-state index contributed by atoms with van der Waals surface area (Å²) in [6.45, 7) is 3.97. The van der Waals surface area contributed by atoms with Crippen LogP contribution in [0.3, 0.4) is 0 Å². The van der Waals surface area contributed by atoms with Crippen LogP contribution in [-0.4, -0.2) is 38.2 Å². The summed E-state index contributed by atoms with van der Waals surface area (Å²) >= 11 is 6.35. The van der Waals surface area contributed by atoms with E-state index in [1.165, 1.54) is 16.3 Å². The van der Waals surface area contributed by atoms with Crippen LogP contribution in [0, 0.1) is 0 Å². The van der Waals surface area contributed by atoms with Gasteiger partial charge in [0.15, 0.2) is 0 Å². The largest absolute Gasteiger partial charge is 0.496 e. The number of piperazine rings is 1. The normalized spacial score (nSPS) is 16.5. The molecule has 0 bridgehead atoms. The summed E-state index contributed by atoms with van der Waals surface area (Å²) in [6.07, 6.45) is 0. The van der Waals surface area contributed by atoms with Crippen molar-refractivity contribution in [3.63, 3.8) is 0 Å². The Hall–Kier alpha value is -2.07. The number of rotatable bonds is 4. The quantitative estimate of drug-likeness (QED) is 0.736. The van der Waals surface area contributed by atoms with Crippen molar-refractivity contribution in [2.24, 2.45) is 0 Å². The van der Waals surface area contributed by atoms with Crippen LogP contribution >= 0.6 is 11.6 Å². The predicted molar refractivity (Wildman–Crippen MR) is 108 cm³/mol. The number of halogens is 1. The lowest BCUT2D eigenvalue weighted by Gasteiger charge is -2.36. The molecule has 0 saturated carbocycles. The van der Waals surface area contributed by atoms with E-state index in [2.05, 4.69) is 52.7 Å². The van der Waals surface area contributed by atoms with Gasteiger partial charge in [-0.2, -0.15) is 0 Å². The fourth-order valence-electron chi connectivity index (χ4n) is 3.82. The molecule has 26 heavy (non-hydrogen) atoms. The molecule has 1 aliphatic heterocycles. The monoisotopic (exact) mass is 366 g/mol. The minimum absolute atomic E-state index is 0.121. The van der Waals surface area contributed by atoms with Crippen molar-refractivity contribution in [3.05, 3.63) is 76.8 Å². The average Bonchev–Trinajstić information content (AvgIpc) is 2.69. The van der Waals surface area contributed by atoms with Crippen LogP contribution in [0.4, 0.5) is 0 Å². The van der Waals surface area contributed by atoms with E-state index in [0.29, 0.717) is 0 Å². The number of ether oxygens (including phenoxy) is 1. The maximum Gasteiger partial charge on any atom is 0.124 e. The highest BCUT2D eigenvalue weighted by molar-refractivity contribution is 6.30. The number of methoxy groups -OCH3 is 1. The highest BCUT2D eigenvalue weighted by atomic mass is 35.5. The Balaban J connectivity index is 1.86. The molecule has 4 heteroatoms. The Morgan fingerprint density at radius 3 is 2.50 bits per heavy atom. The third-order valence-corrected chi connectivity index (χ3v) is 5.33. The van der Waals surface area contributed by atoms with Crippen molar-refractivity contribution in [3.8, 4) is 5.75 Å². The number of nitrogens with zero attached hydrogens (tertiary/aromatic N) is 1. The average molecular weight is 367 g/mol. The van der Waals surface area contributed by atoms with E-state index in [4.69, 9.17) is 16.3 Å². The van der Waals surface area contributed by atoms with Crippen molar-refractivity contribution in [2.45, 2.75) is 6.04 Å². The van der Waals surface area contributed by atoms with Gasteiger partial charge >= 0.3 is 0 Å². The van der Waals surface area contributed by atoms with E-state index in [0.717, 1.165) is 42.5 Å². The molecule has 1 fully saturated rings. The molecular weight excluding hydrogens is 344 g/mol. The van der Waals surface area contributed by atoms with Crippen LogP contribution in [0.5, 0.6) is 5.75 Å². The van der Waals surface area contributed by atoms with Crippen LogP contribution in [0.25, 0.3) is 10.8 Å². The molecule has 1 aliphatic rings. The van der Waals surface area contributed by atoms with Crippen LogP contribution in [0.15, 0.2) is 60.7 Å². The highest BCUT2D eigenvalue weighted by Crippen LogP contribution is 2.37. The number of hydrogen-bond acceptors (Lipinski definition) is 3. The maximum absolute atomic E-state index is 6.35. The zero-order valence-corrected chi connectivity index (χ0v) is 15.7. The van der Waals surface area contributed by atoms with Gasteiger partial charge in [-0.25, -0.2) is 0 Å². The minimum atomic E-state index is 0.121. The summed E-state index contributed by atoms with van der Waals surface area (Å²) < 4.78 is 5.68. The molecule has 0 radical (unpaired) electrons. The molecule has 1 saturated heterocycles. The fraction of sp³-hybridized carbons (Fsp3) is 0.273. The van der Waals surface area contributed by atoms with Gasteiger partial charge in [0.05, 0.1) is 13.2 Å². The lowest BCUT2D eigenvalue weighted by atomic mass is 9.93. The first-order chi connectivity index (χ1) is 12.8. The smallest absolute Gasteiger partial charge is 0.124 e. The van der Waals surface area contributed by atoms with E-state index in [1.54, 1.807) is 7.11 Å². The Bertz CT molecular complexity index is 906. The third kappa shape index (κ3) is 3.43. The van der Waals surface area contributed by atoms with Gasteiger partial charge in [0.1, 0.15) is 5.75 Å². The summed E-state index contributed by atoms with van der Waals surface area (Å²) in [7, 11) is 1.72. The Labute approximate surface area is 159 Å². The van der Waals surface area contributed by atoms with E-state index in [-0.39, 0.29) is 6.04 Å². The number of benzene rings is 3. The number of nitrogens with one attached hydrogen (secondary N) is 1. The van der Waals surface area contributed by atoms with Gasteiger partial charge < -0.3 is 10.1 Å². The highest BCUT2D eigenvalue weighted by Gasteiger charge is 2.27. The fourth-order valence-corrected chi connectivity index (χ4v) is 4.00. The van der Waals surface area contributed by atoms with Crippen LogP contribution in [0.2, 0.25) is 5.02 Å². The second kappa shape index (κ2) is 7.67. The summed E-state index contributed by atoms with van der Waals surface area (Å²) in [4.78, 5) is 2.51. The SMILES string of the molecule is COc1ccc(Cl)cc1C(c1ccc2ccccc2c1)N1CCNCC1. The molecule has 1 unspecified atom stereocenters. The van der Waals surface area contributed by atoms with Crippen molar-refractivity contribution in [2.75, 3.05) is 33.3 Å². The molecule has 3 aromatic carbocycles. The first-order valence-corrected chi connectivity index (χ1v) is 9.41. The third-order valence-electron chi connectivity index (χ3n) is 5.09. The molecule has 0 aromatic heterocycles. The lowest BCUT2D eigenvalue weighted by molar-refractivity contribution is 0.195. The topological polar surface area (TPSA) is 24.5 Å². The first kappa shape index (κ1) is 17.3. The zero-order valence-electron chi connectivity index (χ0n) is 14.9. The molecule has 4 rings (SSSR count). The summed E-state index contributed by atoms with van der Waals surface area (Å²) in [6, 6.07) is 21.2. The van der Waals surface area contributed by atoms with Gasteiger partial charge in [0.25, 0.3) is 0 Å². The van der Waals surface area contributed by atoms with Crippen LogP contribution in [0.1, 0.15) is 17.2 Å². The molecule has 1 N–H and O–H groups in total. The molecule has 1 atom stereocenters. The van der Waals surface area contributed by atoms with E-state index < -0.39 is 0 Å². The molecule has 3 nitrogen and oxygen atoms in total. The Morgan fingerprint density at radius 1 is 0.962 bits per heavy atom. The summed E-state index contributed by atoms with van der Waals surface area (Å²) in [5.41, 5.74) is 2.39. The standard InChI is InChI=1S/C22H23ClN2O/c1-26-21-9-8-19(23)15-20(21)22(25-12-10-24-11-13-25)18-7-6-16-4-2-3-5-17(16)14-18/h2-9,14-15,22,24H,10-13H2,1H3. The van der Waals surface area contributed by atoms with Gasteiger partial charge in [-0.3, -0.25) is 4.90 Å². The van der Waals surface area contributed by atoms with Gasteiger partial charge in [-0.05, 0) is 40.6 Å². The molecule has 134 valence electrons. The van der Waals surface area contributed by atoms with Crippen LogP contribution in [-0.2, 0) is 0 Å². The Morgan fingerprint density at radius 2 is 1.73 bits per heavy atom. The second-order valence-corrected chi connectivity index (χ2v) is 7.12. The summed E-state index contributed by atoms with van der Waals surface area (Å²) in [5, 5.41) is 6.69. The Kier molecular flexibility index (Phi) is 5.11. The molecule has 1 heterocycles. The zero-order chi connectivity index (χ0) is 17.9. The molecular formula is C22H23ClN2O. The van der Waals surface area contributed by atoms with E-state index in [1.807, 2.05) is 18.2 Å². The summed E-state index contributed by atoms with van der Waals surface area (Å²) in [5.74, 6) is 0.881. The van der Waals surface area contributed by atoms with Gasteiger partial charge in [0, 0.05) is 36.8 Å². The van der Waals surface area contributed by atoms with Crippen molar-refractivity contribution >= 4 is 22.4 Å².